The Balaban J connectivity index is 1.34. The Morgan fingerprint density at radius 2 is 1.79 bits per heavy atom. The first kappa shape index (κ1) is 22.9. The number of hydrogen-bond donors (Lipinski definition) is 2. The van der Waals surface area contributed by atoms with Gasteiger partial charge >= 0.3 is 5.97 Å². The topological polar surface area (TPSA) is 96.4 Å². The standard InChI is InChI=1S/C28H38O6/c1-14-13-19(33-24(30)15(14)2)16(3)27(31)12-9-17-21-18(8-11-25(17,27)4)26(5)20(29)7-6-10-28(26,32)23-22(21)34-23/h6-7,16-19,21-23,31-32H,8-13H2,1-5H3/t16-,17?,18?,19-,21?,22+,23+,25+,26+,27+,28+/m1/s1. The SMILES string of the molecule is CC1=C(C)C(=O)O[C@@H]([C@@H](C)[C@@]2(O)CCC3C4C(CC[C@@]32C)[C@@]2(C)C(=O)C=CC[C@]2(O)[C@H]2O[C@@H]42)C1. The summed E-state index contributed by atoms with van der Waals surface area (Å²) in [4.78, 5) is 25.7. The maximum atomic E-state index is 13.3. The third-order valence-electron chi connectivity index (χ3n) is 11.8. The fraction of sp³-hybridized carbons (Fsp3) is 0.786. The summed E-state index contributed by atoms with van der Waals surface area (Å²) in [6.45, 7) is 9.99. The molecule has 186 valence electrons. The van der Waals surface area contributed by atoms with Crippen LogP contribution < -0.4 is 0 Å². The Morgan fingerprint density at radius 3 is 2.50 bits per heavy atom. The summed E-state index contributed by atoms with van der Waals surface area (Å²) in [5.74, 6) is -0.0746. The molecular weight excluding hydrogens is 432 g/mol. The molecule has 1 saturated heterocycles. The number of allylic oxidation sites excluding steroid dienone is 1. The van der Waals surface area contributed by atoms with Crippen LogP contribution in [-0.4, -0.2) is 51.5 Å². The van der Waals surface area contributed by atoms with Crippen LogP contribution in [0.3, 0.4) is 0 Å². The third kappa shape index (κ3) is 2.48. The number of carbonyl (C=O) groups is 2. The molecule has 4 fully saturated rings. The first-order chi connectivity index (χ1) is 15.9. The van der Waals surface area contributed by atoms with E-state index in [0.29, 0.717) is 24.8 Å². The van der Waals surface area contributed by atoms with E-state index in [1.54, 1.807) is 19.1 Å². The molecule has 0 amide bonds. The highest BCUT2D eigenvalue weighted by Crippen LogP contribution is 2.72. The average molecular weight is 471 g/mol. The molecule has 4 aliphatic carbocycles. The van der Waals surface area contributed by atoms with Crippen molar-refractivity contribution in [2.24, 2.45) is 34.5 Å². The van der Waals surface area contributed by atoms with Crippen molar-refractivity contribution in [2.75, 3.05) is 0 Å². The molecule has 6 aliphatic rings. The van der Waals surface area contributed by atoms with Crippen molar-refractivity contribution in [3.05, 3.63) is 23.3 Å². The number of cyclic esters (lactones) is 1. The van der Waals surface area contributed by atoms with Gasteiger partial charge in [0.2, 0.25) is 0 Å². The van der Waals surface area contributed by atoms with Crippen LogP contribution in [0.15, 0.2) is 23.3 Å². The predicted molar refractivity (Wildman–Crippen MR) is 125 cm³/mol. The minimum atomic E-state index is -1.14. The molecule has 0 spiro atoms. The van der Waals surface area contributed by atoms with Crippen LogP contribution >= 0.6 is 0 Å². The quantitative estimate of drug-likeness (QED) is 0.474. The normalized spacial score (nSPS) is 54.6. The molecule has 6 nitrogen and oxygen atoms in total. The smallest absolute Gasteiger partial charge is 0.333 e. The lowest BCUT2D eigenvalue weighted by molar-refractivity contribution is -0.202. The van der Waals surface area contributed by atoms with Crippen molar-refractivity contribution in [2.45, 2.75) is 103 Å². The first-order valence-corrected chi connectivity index (χ1v) is 13.1. The van der Waals surface area contributed by atoms with Gasteiger partial charge in [-0.05, 0) is 82.1 Å². The molecule has 0 aromatic carbocycles. The molecule has 3 unspecified atom stereocenters. The fourth-order valence-electron chi connectivity index (χ4n) is 9.27. The number of epoxide rings is 1. The predicted octanol–water partition coefficient (Wildman–Crippen LogP) is 3.50. The van der Waals surface area contributed by atoms with E-state index in [1.807, 2.05) is 20.8 Å². The van der Waals surface area contributed by atoms with Crippen molar-refractivity contribution in [3.8, 4) is 0 Å². The number of esters is 1. The van der Waals surface area contributed by atoms with Crippen molar-refractivity contribution in [1.82, 2.24) is 0 Å². The number of aliphatic hydroxyl groups is 2. The summed E-state index contributed by atoms with van der Waals surface area (Å²) in [7, 11) is 0. The molecule has 0 aromatic heterocycles. The molecule has 3 saturated carbocycles. The number of ether oxygens (including phenoxy) is 2. The van der Waals surface area contributed by atoms with E-state index in [-0.39, 0.29) is 59.2 Å². The van der Waals surface area contributed by atoms with E-state index >= 15 is 0 Å². The van der Waals surface area contributed by atoms with Gasteiger partial charge < -0.3 is 19.7 Å². The Labute approximate surface area is 201 Å². The molecule has 0 radical (unpaired) electrons. The molecule has 2 N–H and O–H groups in total. The van der Waals surface area contributed by atoms with Crippen LogP contribution in [0.4, 0.5) is 0 Å². The summed E-state index contributed by atoms with van der Waals surface area (Å²) in [5, 5.41) is 24.0. The zero-order chi connectivity index (χ0) is 24.4. The van der Waals surface area contributed by atoms with E-state index in [9.17, 15) is 19.8 Å². The molecule has 2 heterocycles. The maximum Gasteiger partial charge on any atom is 0.333 e. The van der Waals surface area contributed by atoms with Crippen LogP contribution in [0.1, 0.15) is 73.1 Å². The molecule has 2 aliphatic heterocycles. The van der Waals surface area contributed by atoms with Crippen LogP contribution in [0.2, 0.25) is 0 Å². The number of rotatable bonds is 2. The Kier molecular flexibility index (Phi) is 4.61. The van der Waals surface area contributed by atoms with E-state index < -0.39 is 16.6 Å². The molecule has 6 heteroatoms. The van der Waals surface area contributed by atoms with Crippen molar-refractivity contribution in [1.29, 1.82) is 0 Å². The van der Waals surface area contributed by atoms with Gasteiger partial charge in [-0.3, -0.25) is 4.79 Å². The monoisotopic (exact) mass is 470 g/mol. The Morgan fingerprint density at radius 1 is 1.09 bits per heavy atom. The van der Waals surface area contributed by atoms with Gasteiger partial charge in [0.1, 0.15) is 17.8 Å². The summed E-state index contributed by atoms with van der Waals surface area (Å²) < 4.78 is 12.0. The highest BCUT2D eigenvalue weighted by atomic mass is 16.6. The number of carbonyl (C=O) groups excluding carboxylic acids is 2. The van der Waals surface area contributed by atoms with Crippen molar-refractivity contribution in [3.63, 3.8) is 0 Å². The van der Waals surface area contributed by atoms with Gasteiger partial charge in [-0.2, -0.15) is 0 Å². The summed E-state index contributed by atoms with van der Waals surface area (Å²) >= 11 is 0. The average Bonchev–Trinajstić information content (AvgIpc) is 3.55. The largest absolute Gasteiger partial charge is 0.458 e. The lowest BCUT2D eigenvalue weighted by Gasteiger charge is -2.61. The van der Waals surface area contributed by atoms with Gasteiger partial charge in [-0.25, -0.2) is 4.79 Å². The second-order valence-electron chi connectivity index (χ2n) is 12.7. The second-order valence-corrected chi connectivity index (χ2v) is 12.7. The molecule has 34 heavy (non-hydrogen) atoms. The maximum absolute atomic E-state index is 13.3. The number of ketones is 1. The van der Waals surface area contributed by atoms with Crippen LogP contribution in [0.25, 0.3) is 0 Å². The zero-order valence-corrected chi connectivity index (χ0v) is 21.0. The van der Waals surface area contributed by atoms with E-state index in [4.69, 9.17) is 9.47 Å². The molecule has 0 aromatic rings. The highest BCUT2D eigenvalue weighted by Gasteiger charge is 2.78. The summed E-state index contributed by atoms with van der Waals surface area (Å²) in [6, 6.07) is 0. The molecule has 6 rings (SSSR count). The fourth-order valence-corrected chi connectivity index (χ4v) is 9.27. The number of hydrogen-bond acceptors (Lipinski definition) is 6. The minimum Gasteiger partial charge on any atom is -0.458 e. The van der Waals surface area contributed by atoms with E-state index in [2.05, 4.69) is 6.92 Å². The molecule has 0 bridgehead atoms. The van der Waals surface area contributed by atoms with Crippen molar-refractivity contribution >= 4 is 11.8 Å². The van der Waals surface area contributed by atoms with Crippen LogP contribution in [0, 0.1) is 34.5 Å². The van der Waals surface area contributed by atoms with Gasteiger partial charge in [0.25, 0.3) is 0 Å². The molecule has 11 atom stereocenters. The lowest BCUT2D eigenvalue weighted by Crippen LogP contribution is -2.68. The highest BCUT2D eigenvalue weighted by molar-refractivity contribution is 5.97. The van der Waals surface area contributed by atoms with Crippen molar-refractivity contribution < 1.29 is 29.3 Å². The van der Waals surface area contributed by atoms with Crippen LogP contribution in [-0.2, 0) is 19.1 Å². The zero-order valence-electron chi connectivity index (χ0n) is 21.0. The van der Waals surface area contributed by atoms with Gasteiger partial charge in [-0.15, -0.1) is 0 Å². The third-order valence-corrected chi connectivity index (χ3v) is 11.8. The van der Waals surface area contributed by atoms with Gasteiger partial charge in [0.15, 0.2) is 5.78 Å². The van der Waals surface area contributed by atoms with Crippen LogP contribution in [0.5, 0.6) is 0 Å². The first-order valence-electron chi connectivity index (χ1n) is 13.1. The minimum absolute atomic E-state index is 0.0159. The Bertz CT molecular complexity index is 1030. The second kappa shape index (κ2) is 6.83. The van der Waals surface area contributed by atoms with E-state index in [1.165, 1.54) is 0 Å². The molecular formula is C28H38O6. The van der Waals surface area contributed by atoms with Gasteiger partial charge in [0.05, 0.1) is 17.1 Å². The van der Waals surface area contributed by atoms with E-state index in [0.717, 1.165) is 24.8 Å². The van der Waals surface area contributed by atoms with Gasteiger partial charge in [0, 0.05) is 17.9 Å². The van der Waals surface area contributed by atoms with Gasteiger partial charge in [-0.1, -0.05) is 25.5 Å². The Hall–Kier alpha value is -1.50. The number of fused-ring (bicyclic) bond motifs is 8. The lowest BCUT2D eigenvalue weighted by atomic mass is 9.43. The summed E-state index contributed by atoms with van der Waals surface area (Å²) in [5.41, 5.74) is -1.60. The summed E-state index contributed by atoms with van der Waals surface area (Å²) in [6.07, 6.45) is 6.96.